The molecule has 4 nitrogen and oxygen atoms in total. The van der Waals surface area contributed by atoms with E-state index >= 15 is 0 Å². The van der Waals surface area contributed by atoms with Gasteiger partial charge in [-0.05, 0) is 43.3 Å². The van der Waals surface area contributed by atoms with Crippen molar-refractivity contribution < 1.29 is 22.4 Å². The van der Waals surface area contributed by atoms with Crippen LogP contribution in [0, 0.1) is 17.7 Å². The van der Waals surface area contributed by atoms with Crippen LogP contribution in [-0.2, 0) is 11.0 Å². The Morgan fingerprint density at radius 1 is 1.32 bits per heavy atom. The summed E-state index contributed by atoms with van der Waals surface area (Å²) in [5.74, 6) is -2.86. The van der Waals surface area contributed by atoms with Gasteiger partial charge in [0, 0.05) is 17.5 Å². The number of nitrogens with two attached hydrogens (primary N) is 2. The van der Waals surface area contributed by atoms with Crippen LogP contribution in [0.25, 0.3) is 0 Å². The van der Waals surface area contributed by atoms with E-state index in [9.17, 15) is 22.4 Å². The van der Waals surface area contributed by atoms with Crippen LogP contribution in [0.3, 0.4) is 0 Å². The van der Waals surface area contributed by atoms with Gasteiger partial charge in [-0.2, -0.15) is 13.2 Å². The first-order chi connectivity index (χ1) is 13.2. The van der Waals surface area contributed by atoms with Crippen molar-refractivity contribution >= 4 is 5.91 Å². The van der Waals surface area contributed by atoms with E-state index in [-0.39, 0.29) is 30.4 Å². The molecule has 0 radical (unpaired) electrons. The molecule has 8 heteroatoms. The maximum absolute atomic E-state index is 13.6. The predicted molar refractivity (Wildman–Crippen MR) is 99.4 cm³/mol. The lowest BCUT2D eigenvalue weighted by Crippen LogP contribution is -2.32. The Morgan fingerprint density at radius 3 is 2.61 bits per heavy atom. The van der Waals surface area contributed by atoms with Gasteiger partial charge in [0.25, 0.3) is 0 Å². The number of allylic oxidation sites excluding steroid dienone is 3. The Bertz CT molecular complexity index is 786. The SMILES string of the molecule is C=CC1C=CC(NC(=O)C(CCN)c2ccc(F)c(C(F)(F)F)c2)=CC1CN. The molecule has 1 aromatic rings. The van der Waals surface area contributed by atoms with E-state index in [4.69, 9.17) is 11.5 Å². The number of benzene rings is 1. The summed E-state index contributed by atoms with van der Waals surface area (Å²) >= 11 is 0. The van der Waals surface area contributed by atoms with Crippen molar-refractivity contribution in [2.24, 2.45) is 23.3 Å². The lowest BCUT2D eigenvalue weighted by atomic mass is 9.87. The summed E-state index contributed by atoms with van der Waals surface area (Å²) in [6.45, 7) is 4.16. The topological polar surface area (TPSA) is 81.1 Å². The van der Waals surface area contributed by atoms with Crippen molar-refractivity contribution in [1.29, 1.82) is 0 Å². The van der Waals surface area contributed by atoms with Gasteiger partial charge in [-0.25, -0.2) is 4.39 Å². The number of amides is 1. The molecule has 0 bridgehead atoms. The minimum absolute atomic E-state index is 0.0388. The van der Waals surface area contributed by atoms with Gasteiger partial charge >= 0.3 is 6.18 Å². The minimum atomic E-state index is -4.85. The molecule has 3 atom stereocenters. The highest BCUT2D eigenvalue weighted by Crippen LogP contribution is 2.34. The highest BCUT2D eigenvalue weighted by molar-refractivity contribution is 5.85. The summed E-state index contributed by atoms with van der Waals surface area (Å²) in [4.78, 5) is 12.7. The zero-order valence-corrected chi connectivity index (χ0v) is 15.2. The number of alkyl halides is 3. The molecule has 152 valence electrons. The average molecular weight is 397 g/mol. The molecule has 1 aliphatic carbocycles. The summed E-state index contributed by atoms with van der Waals surface area (Å²) in [5, 5.41) is 2.70. The fourth-order valence-electron chi connectivity index (χ4n) is 3.14. The lowest BCUT2D eigenvalue weighted by molar-refractivity contribution is -0.140. The third kappa shape index (κ3) is 5.08. The molecular formula is C20H23F4N3O. The first-order valence-electron chi connectivity index (χ1n) is 8.81. The minimum Gasteiger partial charge on any atom is -0.330 e. The van der Waals surface area contributed by atoms with Gasteiger partial charge in [0.1, 0.15) is 5.82 Å². The molecule has 0 saturated carbocycles. The molecule has 1 aromatic carbocycles. The Balaban J connectivity index is 2.27. The number of carbonyl (C=O) groups excluding carboxylic acids is 1. The highest BCUT2D eigenvalue weighted by Gasteiger charge is 2.35. The van der Waals surface area contributed by atoms with E-state index in [0.29, 0.717) is 24.4 Å². The summed E-state index contributed by atoms with van der Waals surface area (Å²) in [7, 11) is 0. The molecule has 1 aliphatic rings. The Hall–Kier alpha value is -2.45. The molecule has 0 heterocycles. The van der Waals surface area contributed by atoms with Crippen LogP contribution >= 0.6 is 0 Å². The molecule has 1 amide bonds. The van der Waals surface area contributed by atoms with Gasteiger partial charge in [0.15, 0.2) is 0 Å². The second-order valence-electron chi connectivity index (χ2n) is 6.55. The molecule has 0 fully saturated rings. The van der Waals surface area contributed by atoms with Crippen LogP contribution in [0.1, 0.15) is 23.5 Å². The van der Waals surface area contributed by atoms with Gasteiger partial charge < -0.3 is 16.8 Å². The summed E-state index contributed by atoms with van der Waals surface area (Å²) < 4.78 is 52.6. The zero-order valence-electron chi connectivity index (χ0n) is 15.2. The number of nitrogens with one attached hydrogen (secondary N) is 1. The van der Waals surface area contributed by atoms with E-state index < -0.39 is 29.4 Å². The van der Waals surface area contributed by atoms with Gasteiger partial charge in [0.2, 0.25) is 5.91 Å². The van der Waals surface area contributed by atoms with Gasteiger partial charge in [0.05, 0.1) is 11.5 Å². The molecule has 0 aliphatic heterocycles. The fourth-order valence-corrected chi connectivity index (χ4v) is 3.14. The van der Waals surface area contributed by atoms with E-state index in [0.717, 1.165) is 0 Å². The monoisotopic (exact) mass is 397 g/mol. The molecule has 5 N–H and O–H groups in total. The molecule has 0 saturated heterocycles. The summed E-state index contributed by atoms with van der Waals surface area (Å²) in [6, 6.07) is 2.55. The molecular weight excluding hydrogens is 374 g/mol. The number of carbonyl (C=O) groups is 1. The van der Waals surface area contributed by atoms with E-state index in [1.807, 2.05) is 6.08 Å². The van der Waals surface area contributed by atoms with E-state index in [1.54, 1.807) is 18.2 Å². The lowest BCUT2D eigenvalue weighted by Gasteiger charge is -2.24. The van der Waals surface area contributed by atoms with Crippen molar-refractivity contribution in [1.82, 2.24) is 5.32 Å². The Labute approximate surface area is 161 Å². The van der Waals surface area contributed by atoms with Crippen molar-refractivity contribution in [2.75, 3.05) is 13.1 Å². The van der Waals surface area contributed by atoms with E-state index in [2.05, 4.69) is 11.9 Å². The van der Waals surface area contributed by atoms with Crippen LogP contribution in [0.2, 0.25) is 0 Å². The van der Waals surface area contributed by atoms with Crippen molar-refractivity contribution in [3.8, 4) is 0 Å². The van der Waals surface area contributed by atoms with Crippen LogP contribution in [-0.4, -0.2) is 19.0 Å². The van der Waals surface area contributed by atoms with Gasteiger partial charge in [-0.1, -0.05) is 24.3 Å². The van der Waals surface area contributed by atoms with Crippen molar-refractivity contribution in [3.63, 3.8) is 0 Å². The fraction of sp³-hybridized carbons (Fsp3) is 0.350. The molecule has 0 aromatic heterocycles. The van der Waals surface area contributed by atoms with Crippen molar-refractivity contribution in [3.05, 3.63) is 71.7 Å². The van der Waals surface area contributed by atoms with Crippen molar-refractivity contribution in [2.45, 2.75) is 18.5 Å². The third-order valence-electron chi connectivity index (χ3n) is 4.67. The number of rotatable bonds is 7. The molecule has 0 spiro atoms. The first-order valence-corrected chi connectivity index (χ1v) is 8.81. The normalized spacial score (nSPS) is 20.4. The number of hydrogen-bond donors (Lipinski definition) is 3. The summed E-state index contributed by atoms with van der Waals surface area (Å²) in [5.41, 5.74) is 10.4. The molecule has 2 rings (SSSR count). The highest BCUT2D eigenvalue weighted by atomic mass is 19.4. The average Bonchev–Trinajstić information content (AvgIpc) is 2.65. The summed E-state index contributed by atoms with van der Waals surface area (Å²) in [6.07, 6.45) is 2.33. The maximum atomic E-state index is 13.6. The second-order valence-corrected chi connectivity index (χ2v) is 6.55. The number of hydrogen-bond acceptors (Lipinski definition) is 3. The van der Waals surface area contributed by atoms with Crippen LogP contribution < -0.4 is 16.8 Å². The Morgan fingerprint density at radius 2 is 2.04 bits per heavy atom. The van der Waals surface area contributed by atoms with Crippen LogP contribution in [0.5, 0.6) is 0 Å². The quantitative estimate of drug-likeness (QED) is 0.488. The van der Waals surface area contributed by atoms with Crippen LogP contribution in [0.4, 0.5) is 17.6 Å². The third-order valence-corrected chi connectivity index (χ3v) is 4.67. The predicted octanol–water partition coefficient (Wildman–Crippen LogP) is 3.22. The second kappa shape index (κ2) is 9.16. The van der Waals surface area contributed by atoms with Gasteiger partial charge in [-0.15, -0.1) is 6.58 Å². The van der Waals surface area contributed by atoms with Gasteiger partial charge in [-0.3, -0.25) is 4.79 Å². The zero-order chi connectivity index (χ0) is 20.9. The largest absolute Gasteiger partial charge is 0.419 e. The van der Waals surface area contributed by atoms with Crippen LogP contribution in [0.15, 0.2) is 54.8 Å². The Kier molecular flexibility index (Phi) is 7.15. The smallest absolute Gasteiger partial charge is 0.330 e. The standard InChI is InChI=1S/C20H23F4N3O/c1-2-12-3-5-15(9-14(12)11-26)27-19(28)16(7-8-25)13-4-6-18(21)17(10-13)20(22,23)24/h2-6,9-10,12,14,16H,1,7-8,11,25-26H2,(H,27,28). The van der Waals surface area contributed by atoms with E-state index in [1.165, 1.54) is 6.07 Å². The maximum Gasteiger partial charge on any atom is 0.419 e. The number of halogens is 4. The first kappa shape index (κ1) is 21.8. The molecule has 3 unspecified atom stereocenters. The molecule has 28 heavy (non-hydrogen) atoms.